The van der Waals surface area contributed by atoms with Gasteiger partial charge < -0.3 is 9.47 Å². The van der Waals surface area contributed by atoms with Crippen LogP contribution in [0.15, 0.2) is 34.7 Å². The first-order valence-corrected chi connectivity index (χ1v) is 9.94. The molecule has 10 heteroatoms. The van der Waals surface area contributed by atoms with Crippen molar-refractivity contribution in [3.8, 4) is 5.19 Å². The lowest BCUT2D eigenvalue weighted by Crippen LogP contribution is -2.41. The number of carbonyl (C=O) groups excluding carboxylic acids is 1. The first kappa shape index (κ1) is 17.8. The Labute approximate surface area is 149 Å². The van der Waals surface area contributed by atoms with Crippen molar-refractivity contribution in [2.45, 2.75) is 23.8 Å². The van der Waals surface area contributed by atoms with E-state index in [0.717, 1.165) is 0 Å². The molecule has 8 nitrogen and oxygen atoms in total. The van der Waals surface area contributed by atoms with Crippen molar-refractivity contribution in [1.29, 1.82) is 0 Å². The van der Waals surface area contributed by atoms with Gasteiger partial charge in [0.2, 0.25) is 10.0 Å². The average molecular weight is 383 g/mol. The molecule has 25 heavy (non-hydrogen) atoms. The molecule has 0 radical (unpaired) electrons. The van der Waals surface area contributed by atoms with E-state index in [1.54, 1.807) is 5.51 Å². The van der Waals surface area contributed by atoms with Gasteiger partial charge in [0.1, 0.15) is 11.6 Å². The number of sulfonamides is 1. The van der Waals surface area contributed by atoms with Crippen LogP contribution in [0.4, 0.5) is 0 Å². The summed E-state index contributed by atoms with van der Waals surface area (Å²) in [6.45, 7) is 0.731. The van der Waals surface area contributed by atoms with E-state index >= 15 is 0 Å². The second kappa shape index (κ2) is 7.46. The number of aromatic nitrogens is 2. The number of ether oxygens (including phenoxy) is 2. The molecule has 2 heterocycles. The molecule has 1 aliphatic rings. The SMILES string of the molecule is COC(=O)c1ccc(S(=O)(=O)N2CCC(Oc3nncs3)CC2)cc1. The van der Waals surface area contributed by atoms with E-state index in [2.05, 4.69) is 14.9 Å². The normalized spacial score (nSPS) is 16.5. The Morgan fingerprint density at radius 2 is 1.92 bits per heavy atom. The predicted octanol–water partition coefficient (Wildman–Crippen LogP) is 1.56. The third-order valence-electron chi connectivity index (χ3n) is 3.92. The van der Waals surface area contributed by atoms with Crippen LogP contribution in [-0.4, -0.2) is 55.2 Å². The minimum atomic E-state index is -3.60. The summed E-state index contributed by atoms with van der Waals surface area (Å²) in [5.41, 5.74) is 1.90. The maximum Gasteiger partial charge on any atom is 0.337 e. The minimum absolute atomic E-state index is 0.0684. The molecule has 1 aliphatic heterocycles. The average Bonchev–Trinajstić information content (AvgIpc) is 3.14. The molecule has 0 aliphatic carbocycles. The summed E-state index contributed by atoms with van der Waals surface area (Å²) in [5.74, 6) is -0.501. The maximum atomic E-state index is 12.7. The van der Waals surface area contributed by atoms with Gasteiger partial charge in [-0.1, -0.05) is 11.3 Å². The van der Waals surface area contributed by atoms with Crippen LogP contribution in [0.2, 0.25) is 0 Å². The summed E-state index contributed by atoms with van der Waals surface area (Å²) in [6, 6.07) is 5.74. The second-order valence-electron chi connectivity index (χ2n) is 5.44. The second-order valence-corrected chi connectivity index (χ2v) is 8.18. The van der Waals surface area contributed by atoms with Crippen molar-refractivity contribution in [2.75, 3.05) is 20.2 Å². The third-order valence-corrected chi connectivity index (χ3v) is 6.41. The molecular weight excluding hydrogens is 366 g/mol. The van der Waals surface area contributed by atoms with Crippen molar-refractivity contribution in [3.05, 3.63) is 35.3 Å². The van der Waals surface area contributed by atoms with Gasteiger partial charge in [-0.2, -0.15) is 4.31 Å². The first-order valence-electron chi connectivity index (χ1n) is 7.62. The highest BCUT2D eigenvalue weighted by Gasteiger charge is 2.30. The van der Waals surface area contributed by atoms with E-state index in [9.17, 15) is 13.2 Å². The van der Waals surface area contributed by atoms with Crippen molar-refractivity contribution in [3.63, 3.8) is 0 Å². The van der Waals surface area contributed by atoms with Gasteiger partial charge in [-0.15, -0.1) is 10.2 Å². The number of piperidine rings is 1. The van der Waals surface area contributed by atoms with Crippen LogP contribution >= 0.6 is 11.3 Å². The Balaban J connectivity index is 1.64. The smallest absolute Gasteiger partial charge is 0.337 e. The van der Waals surface area contributed by atoms with E-state index in [4.69, 9.17) is 4.74 Å². The molecule has 2 aromatic rings. The van der Waals surface area contributed by atoms with Gasteiger partial charge in [-0.05, 0) is 37.1 Å². The van der Waals surface area contributed by atoms with E-state index in [1.807, 2.05) is 0 Å². The fourth-order valence-electron chi connectivity index (χ4n) is 2.58. The Bertz CT molecular complexity index is 813. The van der Waals surface area contributed by atoms with Gasteiger partial charge >= 0.3 is 5.97 Å². The number of esters is 1. The minimum Gasteiger partial charge on any atom is -0.466 e. The van der Waals surface area contributed by atoms with Crippen molar-refractivity contribution < 1.29 is 22.7 Å². The maximum absolute atomic E-state index is 12.7. The third kappa shape index (κ3) is 3.97. The highest BCUT2D eigenvalue weighted by Crippen LogP contribution is 2.24. The van der Waals surface area contributed by atoms with Crippen molar-refractivity contribution in [1.82, 2.24) is 14.5 Å². The van der Waals surface area contributed by atoms with Crippen LogP contribution in [0, 0.1) is 0 Å². The zero-order valence-corrected chi connectivity index (χ0v) is 15.1. The molecule has 3 rings (SSSR count). The molecule has 0 spiro atoms. The van der Waals surface area contributed by atoms with Gasteiger partial charge in [0, 0.05) is 13.1 Å². The van der Waals surface area contributed by atoms with Gasteiger partial charge in [0.15, 0.2) is 0 Å². The zero-order chi connectivity index (χ0) is 17.9. The molecule has 1 saturated heterocycles. The van der Waals surface area contributed by atoms with Gasteiger partial charge in [0.25, 0.3) is 5.19 Å². The summed E-state index contributed by atoms with van der Waals surface area (Å²) in [7, 11) is -2.32. The molecule has 1 fully saturated rings. The monoisotopic (exact) mass is 383 g/mol. The molecule has 0 amide bonds. The zero-order valence-electron chi connectivity index (χ0n) is 13.5. The highest BCUT2D eigenvalue weighted by molar-refractivity contribution is 7.89. The van der Waals surface area contributed by atoms with Crippen LogP contribution in [0.3, 0.4) is 0 Å². The van der Waals surface area contributed by atoms with Crippen LogP contribution in [0.25, 0.3) is 0 Å². The number of rotatable bonds is 5. The number of hydrogen-bond acceptors (Lipinski definition) is 8. The summed E-state index contributed by atoms with van der Waals surface area (Å²) in [4.78, 5) is 11.6. The van der Waals surface area contributed by atoms with Gasteiger partial charge in [-0.25, -0.2) is 13.2 Å². The lowest BCUT2D eigenvalue weighted by Gasteiger charge is -2.30. The molecule has 134 valence electrons. The van der Waals surface area contributed by atoms with Crippen LogP contribution in [-0.2, 0) is 14.8 Å². The van der Waals surface area contributed by atoms with Crippen LogP contribution in [0.1, 0.15) is 23.2 Å². The molecule has 0 N–H and O–H groups in total. The Morgan fingerprint density at radius 1 is 1.24 bits per heavy atom. The van der Waals surface area contributed by atoms with Crippen molar-refractivity contribution in [2.24, 2.45) is 0 Å². The summed E-state index contributed by atoms with van der Waals surface area (Å²) < 4.78 is 37.2. The van der Waals surface area contributed by atoms with Gasteiger partial charge in [-0.3, -0.25) is 0 Å². The fraction of sp³-hybridized carbons (Fsp3) is 0.400. The number of nitrogens with zero attached hydrogens (tertiary/aromatic N) is 3. The summed E-state index contributed by atoms with van der Waals surface area (Å²) in [6.07, 6.45) is 1.10. The lowest BCUT2D eigenvalue weighted by atomic mass is 10.1. The van der Waals surface area contributed by atoms with E-state index in [1.165, 1.54) is 47.0 Å². The van der Waals surface area contributed by atoms with Crippen LogP contribution < -0.4 is 4.74 Å². The molecule has 1 aromatic carbocycles. The number of hydrogen-bond donors (Lipinski definition) is 0. The Hall–Kier alpha value is -2.04. The van der Waals surface area contributed by atoms with Gasteiger partial charge in [0.05, 0.1) is 17.6 Å². The number of carbonyl (C=O) groups is 1. The predicted molar refractivity (Wildman–Crippen MR) is 90.1 cm³/mol. The lowest BCUT2D eigenvalue weighted by molar-refractivity contribution is 0.0600. The first-order chi connectivity index (χ1) is 12.0. The summed E-state index contributed by atoms with van der Waals surface area (Å²) >= 11 is 1.31. The molecular formula is C15H17N3O5S2. The van der Waals surface area contributed by atoms with E-state index < -0.39 is 16.0 Å². The number of benzene rings is 1. The quantitative estimate of drug-likeness (QED) is 0.723. The molecule has 0 unspecified atom stereocenters. The standard InChI is InChI=1S/C15H17N3O5S2/c1-22-14(19)11-2-4-13(5-3-11)25(20,21)18-8-6-12(7-9-18)23-15-17-16-10-24-15/h2-5,10,12H,6-9H2,1H3. The topological polar surface area (TPSA) is 98.7 Å². The number of methoxy groups -OCH3 is 1. The van der Waals surface area contributed by atoms with Crippen molar-refractivity contribution >= 4 is 27.3 Å². The Morgan fingerprint density at radius 3 is 2.48 bits per heavy atom. The molecule has 0 saturated carbocycles. The van der Waals surface area contributed by atoms with E-state index in [-0.39, 0.29) is 11.0 Å². The fourth-order valence-corrected chi connectivity index (χ4v) is 4.52. The largest absolute Gasteiger partial charge is 0.466 e. The molecule has 0 atom stereocenters. The molecule has 0 bridgehead atoms. The highest BCUT2D eigenvalue weighted by atomic mass is 32.2. The van der Waals surface area contributed by atoms with Crippen LogP contribution in [0.5, 0.6) is 5.19 Å². The Kier molecular flexibility index (Phi) is 5.30. The molecule has 1 aromatic heterocycles. The van der Waals surface area contributed by atoms with E-state index in [0.29, 0.717) is 36.7 Å². The summed E-state index contributed by atoms with van der Waals surface area (Å²) in [5, 5.41) is 8.04.